The summed E-state index contributed by atoms with van der Waals surface area (Å²) in [6.07, 6.45) is 0. The van der Waals surface area contributed by atoms with Gasteiger partial charge in [-0.25, -0.2) is 12.8 Å². The Morgan fingerprint density at radius 1 is 1.30 bits per heavy atom. The summed E-state index contributed by atoms with van der Waals surface area (Å²) in [7, 11) is -2.84. The Morgan fingerprint density at radius 2 is 1.90 bits per heavy atom. The van der Waals surface area contributed by atoms with Crippen LogP contribution in [0.1, 0.15) is 0 Å². The van der Waals surface area contributed by atoms with Gasteiger partial charge in [0.05, 0.1) is 12.3 Å². The first-order valence-corrected chi connectivity index (χ1v) is 6.90. The lowest BCUT2D eigenvalue weighted by Gasteiger charge is -2.22. The largest absolute Gasteiger partial charge is 0.501 e. The molecule has 1 aromatic rings. The van der Waals surface area contributed by atoms with E-state index < -0.39 is 26.1 Å². The molecule has 0 aromatic heterocycles. The molecule has 20 heavy (non-hydrogen) atoms. The third-order valence-corrected chi connectivity index (χ3v) is 4.07. The van der Waals surface area contributed by atoms with E-state index in [1.807, 2.05) is 0 Å². The van der Waals surface area contributed by atoms with Crippen molar-refractivity contribution in [1.29, 1.82) is 0 Å². The van der Waals surface area contributed by atoms with Crippen molar-refractivity contribution >= 4 is 15.5 Å². The zero-order chi connectivity index (χ0) is 15.6. The molecule has 114 valence electrons. The average molecular weight is 315 g/mol. The van der Waals surface area contributed by atoms with Crippen molar-refractivity contribution < 1.29 is 30.7 Å². The summed E-state index contributed by atoms with van der Waals surface area (Å²) < 4.78 is 78.6. The van der Waals surface area contributed by atoms with Crippen molar-refractivity contribution in [2.75, 3.05) is 32.2 Å². The molecule has 0 bridgehead atoms. The molecule has 1 rings (SSSR count). The van der Waals surface area contributed by atoms with Crippen LogP contribution in [-0.2, 0) is 14.6 Å². The van der Waals surface area contributed by atoms with Gasteiger partial charge in [0.15, 0.2) is 0 Å². The molecule has 0 radical (unpaired) electrons. The monoisotopic (exact) mass is 315 g/mol. The number of methoxy groups -OCH3 is 1. The third kappa shape index (κ3) is 3.40. The normalized spacial score (nSPS) is 12.5. The lowest BCUT2D eigenvalue weighted by Crippen LogP contribution is -2.28. The van der Waals surface area contributed by atoms with Gasteiger partial charge >= 0.3 is 5.51 Å². The number of hydrogen-bond acceptors (Lipinski definition) is 4. The van der Waals surface area contributed by atoms with Gasteiger partial charge in [-0.15, -0.1) is 0 Å². The van der Waals surface area contributed by atoms with E-state index in [4.69, 9.17) is 4.74 Å². The SMILES string of the molecule is COCCN(C)c1ccc(F)cc1S(=O)(=O)C(F)(F)F. The van der Waals surface area contributed by atoms with Crippen LogP contribution in [0.15, 0.2) is 23.1 Å². The first kappa shape index (κ1) is 16.7. The first-order valence-electron chi connectivity index (χ1n) is 5.42. The molecule has 0 atom stereocenters. The number of anilines is 1. The van der Waals surface area contributed by atoms with Crippen molar-refractivity contribution in [2.45, 2.75) is 10.4 Å². The quantitative estimate of drug-likeness (QED) is 0.782. The van der Waals surface area contributed by atoms with Gasteiger partial charge in [-0.2, -0.15) is 13.2 Å². The van der Waals surface area contributed by atoms with Gasteiger partial charge in [-0.3, -0.25) is 0 Å². The second-order valence-electron chi connectivity index (χ2n) is 3.98. The Bertz CT molecular complexity index is 572. The van der Waals surface area contributed by atoms with Crippen molar-refractivity contribution in [1.82, 2.24) is 0 Å². The number of sulfone groups is 1. The van der Waals surface area contributed by atoms with Crippen LogP contribution < -0.4 is 4.90 Å². The summed E-state index contributed by atoms with van der Waals surface area (Å²) in [5.41, 5.74) is -5.72. The highest BCUT2D eigenvalue weighted by molar-refractivity contribution is 7.92. The molecule has 0 fully saturated rings. The highest BCUT2D eigenvalue weighted by atomic mass is 32.2. The van der Waals surface area contributed by atoms with Crippen molar-refractivity contribution in [2.24, 2.45) is 0 Å². The molecule has 0 heterocycles. The number of rotatable bonds is 5. The van der Waals surface area contributed by atoms with E-state index in [9.17, 15) is 26.0 Å². The lowest BCUT2D eigenvalue weighted by atomic mass is 10.3. The smallest absolute Gasteiger partial charge is 0.383 e. The molecule has 0 aliphatic heterocycles. The maximum atomic E-state index is 13.1. The summed E-state index contributed by atoms with van der Waals surface area (Å²) in [5, 5.41) is 0. The summed E-state index contributed by atoms with van der Waals surface area (Å²) in [5.74, 6) is -1.06. The van der Waals surface area contributed by atoms with Crippen LogP contribution in [0.5, 0.6) is 0 Å². The van der Waals surface area contributed by atoms with Gasteiger partial charge in [-0.1, -0.05) is 0 Å². The molecule has 4 nitrogen and oxygen atoms in total. The molecule has 0 unspecified atom stereocenters. The summed E-state index contributed by atoms with van der Waals surface area (Å²) in [6, 6.07) is 2.25. The number of alkyl halides is 3. The zero-order valence-electron chi connectivity index (χ0n) is 10.7. The van der Waals surface area contributed by atoms with E-state index in [0.717, 1.165) is 12.1 Å². The van der Waals surface area contributed by atoms with Crippen LogP contribution >= 0.6 is 0 Å². The summed E-state index contributed by atoms with van der Waals surface area (Å²) in [6.45, 7) is 0.335. The lowest BCUT2D eigenvalue weighted by molar-refractivity contribution is -0.0435. The van der Waals surface area contributed by atoms with E-state index in [1.54, 1.807) is 0 Å². The van der Waals surface area contributed by atoms with Crippen LogP contribution in [0.3, 0.4) is 0 Å². The standard InChI is InChI=1S/C11H13F4NO3S/c1-16(5-6-19-2)9-4-3-8(12)7-10(9)20(17,18)11(13,14)15/h3-4,7H,5-6H2,1-2H3. The number of likely N-dealkylation sites (N-methyl/N-ethyl adjacent to an activating group) is 1. The Balaban J connectivity index is 3.35. The highest BCUT2D eigenvalue weighted by Crippen LogP contribution is 2.35. The Hall–Kier alpha value is -1.35. The van der Waals surface area contributed by atoms with E-state index in [0.29, 0.717) is 6.07 Å². The molecule has 0 aliphatic rings. The summed E-state index contributed by atoms with van der Waals surface area (Å²) in [4.78, 5) is 0.144. The molecule has 0 spiro atoms. The van der Waals surface area contributed by atoms with Crippen LogP contribution in [0.4, 0.5) is 23.2 Å². The Labute approximate surface area is 113 Å². The van der Waals surface area contributed by atoms with E-state index in [2.05, 4.69) is 0 Å². The molecular formula is C11H13F4NO3S. The molecule has 0 amide bonds. The van der Waals surface area contributed by atoms with Crippen molar-refractivity contribution in [3.8, 4) is 0 Å². The van der Waals surface area contributed by atoms with Gasteiger partial charge in [-0.05, 0) is 18.2 Å². The number of ether oxygens (including phenoxy) is 1. The minimum atomic E-state index is -5.62. The maximum Gasteiger partial charge on any atom is 0.501 e. The van der Waals surface area contributed by atoms with Gasteiger partial charge in [0, 0.05) is 20.7 Å². The average Bonchev–Trinajstić information content (AvgIpc) is 2.34. The number of benzene rings is 1. The Kier molecular flexibility index (Phi) is 4.98. The fraction of sp³-hybridized carbons (Fsp3) is 0.455. The topological polar surface area (TPSA) is 46.6 Å². The van der Waals surface area contributed by atoms with Gasteiger partial charge in [0.2, 0.25) is 0 Å². The predicted molar refractivity (Wildman–Crippen MR) is 64.8 cm³/mol. The molecular weight excluding hydrogens is 302 g/mol. The van der Waals surface area contributed by atoms with Gasteiger partial charge in [0.1, 0.15) is 10.7 Å². The van der Waals surface area contributed by atoms with Crippen LogP contribution in [0.2, 0.25) is 0 Å². The molecule has 0 N–H and O–H groups in total. The minimum Gasteiger partial charge on any atom is -0.383 e. The number of halogens is 4. The second kappa shape index (κ2) is 5.96. The van der Waals surface area contributed by atoms with Crippen molar-refractivity contribution in [3.05, 3.63) is 24.0 Å². The molecule has 0 saturated heterocycles. The van der Waals surface area contributed by atoms with Crippen LogP contribution in [-0.4, -0.2) is 41.2 Å². The third-order valence-electron chi connectivity index (χ3n) is 2.56. The molecule has 9 heteroatoms. The Morgan fingerprint density at radius 3 is 2.40 bits per heavy atom. The van der Waals surface area contributed by atoms with Crippen LogP contribution in [0.25, 0.3) is 0 Å². The van der Waals surface area contributed by atoms with Gasteiger partial charge in [0.25, 0.3) is 9.84 Å². The van der Waals surface area contributed by atoms with Crippen LogP contribution in [0, 0.1) is 5.82 Å². The van der Waals surface area contributed by atoms with E-state index >= 15 is 0 Å². The number of nitrogens with zero attached hydrogens (tertiary/aromatic N) is 1. The summed E-state index contributed by atoms with van der Waals surface area (Å²) >= 11 is 0. The van der Waals surface area contributed by atoms with Crippen molar-refractivity contribution in [3.63, 3.8) is 0 Å². The number of hydrogen-bond donors (Lipinski definition) is 0. The minimum absolute atomic E-state index is 0.155. The van der Waals surface area contributed by atoms with E-state index in [1.165, 1.54) is 19.1 Å². The maximum absolute atomic E-state index is 13.1. The second-order valence-corrected chi connectivity index (χ2v) is 5.89. The fourth-order valence-corrected chi connectivity index (χ4v) is 2.51. The fourth-order valence-electron chi connectivity index (χ4n) is 1.49. The molecule has 0 saturated carbocycles. The van der Waals surface area contributed by atoms with E-state index in [-0.39, 0.29) is 18.8 Å². The molecule has 1 aromatic carbocycles. The first-order chi connectivity index (χ1) is 9.11. The molecule has 0 aliphatic carbocycles. The zero-order valence-corrected chi connectivity index (χ0v) is 11.6. The highest BCUT2D eigenvalue weighted by Gasteiger charge is 2.48. The van der Waals surface area contributed by atoms with Gasteiger partial charge < -0.3 is 9.64 Å². The predicted octanol–water partition coefficient (Wildman–Crippen LogP) is 2.20.